The molecule has 0 unspecified atom stereocenters. The fourth-order valence-electron chi connectivity index (χ4n) is 1.47. The van der Waals surface area contributed by atoms with E-state index in [1.54, 1.807) is 11.8 Å². The van der Waals surface area contributed by atoms with Gasteiger partial charge in [0, 0.05) is 25.0 Å². The number of halogens is 3. The van der Waals surface area contributed by atoms with Gasteiger partial charge in [-0.15, -0.1) is 11.8 Å². The summed E-state index contributed by atoms with van der Waals surface area (Å²) in [4.78, 5) is 5.05. The van der Waals surface area contributed by atoms with E-state index >= 15 is 0 Å². The third-order valence-corrected chi connectivity index (χ3v) is 3.29. The van der Waals surface area contributed by atoms with Gasteiger partial charge in [0.15, 0.2) is 5.96 Å². The van der Waals surface area contributed by atoms with Crippen LogP contribution in [0, 0.1) is 0 Å². The Kier molecular flexibility index (Phi) is 6.70. The first-order chi connectivity index (χ1) is 9.44. The van der Waals surface area contributed by atoms with Crippen LogP contribution in [0.15, 0.2) is 34.2 Å². The minimum atomic E-state index is -4.15. The molecule has 0 heterocycles. The summed E-state index contributed by atoms with van der Waals surface area (Å²) in [6.45, 7) is 0.328. The highest BCUT2D eigenvalue weighted by Crippen LogP contribution is 2.18. The molecule has 0 bridgehead atoms. The molecule has 2 N–H and O–H groups in total. The minimum absolute atomic E-state index is 0.186. The highest BCUT2D eigenvalue weighted by molar-refractivity contribution is 7.98. The Bertz CT molecular complexity index is 429. The molecule has 20 heavy (non-hydrogen) atoms. The van der Waals surface area contributed by atoms with Crippen LogP contribution >= 0.6 is 11.8 Å². The van der Waals surface area contributed by atoms with E-state index in [0.29, 0.717) is 12.5 Å². The summed E-state index contributed by atoms with van der Waals surface area (Å²) in [5, 5.41) is 5.61. The number of hydrogen-bond acceptors (Lipinski definition) is 2. The van der Waals surface area contributed by atoms with E-state index in [2.05, 4.69) is 15.6 Å². The first kappa shape index (κ1) is 16.7. The summed E-state index contributed by atoms with van der Waals surface area (Å²) in [5.41, 5.74) is 1.04. The van der Waals surface area contributed by atoms with Crippen molar-refractivity contribution >= 4 is 17.7 Å². The van der Waals surface area contributed by atoms with E-state index in [4.69, 9.17) is 0 Å². The van der Waals surface area contributed by atoms with Gasteiger partial charge in [-0.25, -0.2) is 0 Å². The summed E-state index contributed by atoms with van der Waals surface area (Å²) in [6, 6.07) is 7.95. The summed E-state index contributed by atoms with van der Waals surface area (Å²) >= 11 is 1.66. The average molecular weight is 305 g/mol. The summed E-state index contributed by atoms with van der Waals surface area (Å²) < 4.78 is 36.1. The zero-order chi connectivity index (χ0) is 15.0. The molecule has 0 aromatic heterocycles. The maximum Gasteiger partial charge on any atom is 0.390 e. The van der Waals surface area contributed by atoms with Crippen LogP contribution < -0.4 is 10.6 Å². The van der Waals surface area contributed by atoms with E-state index in [9.17, 15) is 13.2 Å². The van der Waals surface area contributed by atoms with Crippen LogP contribution in [0.5, 0.6) is 0 Å². The Labute approximate surface area is 121 Å². The fourth-order valence-corrected chi connectivity index (χ4v) is 1.88. The monoisotopic (exact) mass is 305 g/mol. The number of thioether (sulfide) groups is 1. The van der Waals surface area contributed by atoms with Gasteiger partial charge in [-0.2, -0.15) is 13.2 Å². The molecule has 0 aliphatic rings. The second-order valence-corrected chi connectivity index (χ2v) is 4.95. The zero-order valence-electron chi connectivity index (χ0n) is 11.4. The Morgan fingerprint density at radius 1 is 1.20 bits per heavy atom. The smallest absolute Gasteiger partial charge is 0.356 e. The van der Waals surface area contributed by atoms with Crippen molar-refractivity contribution in [3.05, 3.63) is 29.8 Å². The van der Waals surface area contributed by atoms with Crippen molar-refractivity contribution in [3.63, 3.8) is 0 Å². The molecule has 1 rings (SSSR count). The van der Waals surface area contributed by atoms with Crippen LogP contribution in [0.4, 0.5) is 13.2 Å². The second-order valence-electron chi connectivity index (χ2n) is 4.07. The Balaban J connectivity index is 2.37. The van der Waals surface area contributed by atoms with Crippen LogP contribution in [0.3, 0.4) is 0 Å². The van der Waals surface area contributed by atoms with Crippen molar-refractivity contribution in [2.45, 2.75) is 24.0 Å². The van der Waals surface area contributed by atoms with Gasteiger partial charge in [-0.1, -0.05) is 12.1 Å². The number of alkyl halides is 3. The number of rotatable bonds is 5. The summed E-state index contributed by atoms with van der Waals surface area (Å²) in [7, 11) is 1.53. The normalized spacial score (nSPS) is 12.3. The lowest BCUT2D eigenvalue weighted by atomic mass is 10.2. The Morgan fingerprint density at radius 2 is 1.85 bits per heavy atom. The number of hydrogen-bond donors (Lipinski definition) is 2. The van der Waals surface area contributed by atoms with Crippen LogP contribution in [0.25, 0.3) is 0 Å². The zero-order valence-corrected chi connectivity index (χ0v) is 12.2. The highest BCUT2D eigenvalue weighted by atomic mass is 32.2. The maximum atomic E-state index is 12.0. The van der Waals surface area contributed by atoms with Gasteiger partial charge < -0.3 is 10.6 Å². The molecule has 0 aliphatic heterocycles. The van der Waals surface area contributed by atoms with Crippen molar-refractivity contribution < 1.29 is 13.2 Å². The van der Waals surface area contributed by atoms with E-state index in [1.807, 2.05) is 30.5 Å². The van der Waals surface area contributed by atoms with Crippen LogP contribution in [-0.4, -0.2) is 32.0 Å². The molecule has 0 aliphatic carbocycles. The first-order valence-electron chi connectivity index (χ1n) is 6.09. The van der Waals surface area contributed by atoms with Crippen LogP contribution in [0.2, 0.25) is 0 Å². The van der Waals surface area contributed by atoms with Gasteiger partial charge in [0.25, 0.3) is 0 Å². The van der Waals surface area contributed by atoms with Crippen molar-refractivity contribution in [1.82, 2.24) is 10.6 Å². The molecule has 0 saturated heterocycles. The van der Waals surface area contributed by atoms with Gasteiger partial charge >= 0.3 is 6.18 Å². The van der Waals surface area contributed by atoms with Crippen LogP contribution in [0.1, 0.15) is 12.0 Å². The van der Waals surface area contributed by atoms with E-state index in [0.717, 1.165) is 5.56 Å². The molecule has 3 nitrogen and oxygen atoms in total. The topological polar surface area (TPSA) is 36.4 Å². The van der Waals surface area contributed by atoms with Gasteiger partial charge in [-0.05, 0) is 24.0 Å². The average Bonchev–Trinajstić information content (AvgIpc) is 2.42. The molecule has 7 heteroatoms. The molecule has 0 saturated carbocycles. The van der Waals surface area contributed by atoms with Gasteiger partial charge in [0.2, 0.25) is 0 Å². The van der Waals surface area contributed by atoms with E-state index in [-0.39, 0.29) is 6.54 Å². The van der Waals surface area contributed by atoms with Crippen molar-refractivity contribution in [1.29, 1.82) is 0 Å². The Hall–Kier alpha value is -1.37. The molecule has 1 aromatic carbocycles. The molecule has 0 radical (unpaired) electrons. The SMILES string of the molecule is CN=C(NCCC(F)(F)F)NCc1ccc(SC)cc1. The minimum Gasteiger partial charge on any atom is -0.356 e. The third kappa shape index (κ3) is 6.70. The lowest BCUT2D eigenvalue weighted by molar-refractivity contribution is -0.132. The molecule has 112 valence electrons. The summed E-state index contributed by atoms with van der Waals surface area (Å²) in [5.74, 6) is 0.364. The number of aliphatic imine (C=N–C) groups is 1. The third-order valence-electron chi connectivity index (χ3n) is 2.54. The molecular formula is C13H18F3N3S. The highest BCUT2D eigenvalue weighted by Gasteiger charge is 2.26. The first-order valence-corrected chi connectivity index (χ1v) is 7.31. The number of nitrogens with one attached hydrogen (secondary N) is 2. The van der Waals surface area contributed by atoms with Crippen molar-refractivity contribution in [2.75, 3.05) is 19.8 Å². The predicted molar refractivity (Wildman–Crippen MR) is 77.1 cm³/mol. The number of benzene rings is 1. The predicted octanol–water partition coefficient (Wildman–Crippen LogP) is 3.03. The van der Waals surface area contributed by atoms with E-state index < -0.39 is 12.6 Å². The quantitative estimate of drug-likeness (QED) is 0.499. The largest absolute Gasteiger partial charge is 0.390 e. The van der Waals surface area contributed by atoms with Crippen molar-refractivity contribution in [2.24, 2.45) is 4.99 Å². The standard InChI is InChI=1S/C13H18F3N3S/c1-17-12(18-8-7-13(14,15)16)19-9-10-3-5-11(20-2)6-4-10/h3-6H,7-9H2,1-2H3,(H2,17,18,19). The second kappa shape index (κ2) is 8.04. The maximum absolute atomic E-state index is 12.0. The lowest BCUT2D eigenvalue weighted by Crippen LogP contribution is -2.38. The van der Waals surface area contributed by atoms with Crippen LogP contribution in [-0.2, 0) is 6.54 Å². The van der Waals surface area contributed by atoms with E-state index in [1.165, 1.54) is 11.9 Å². The molecular weight excluding hydrogens is 287 g/mol. The summed E-state index contributed by atoms with van der Waals surface area (Å²) in [6.07, 6.45) is -3.03. The van der Waals surface area contributed by atoms with Crippen molar-refractivity contribution in [3.8, 4) is 0 Å². The fraction of sp³-hybridized carbons (Fsp3) is 0.462. The molecule has 1 aromatic rings. The number of guanidine groups is 1. The van der Waals surface area contributed by atoms with Gasteiger partial charge in [-0.3, -0.25) is 4.99 Å². The van der Waals surface area contributed by atoms with Gasteiger partial charge in [0.05, 0.1) is 6.42 Å². The number of nitrogens with zero attached hydrogens (tertiary/aromatic N) is 1. The Morgan fingerprint density at radius 3 is 2.35 bits per heavy atom. The molecule has 0 fully saturated rings. The van der Waals surface area contributed by atoms with Gasteiger partial charge in [0.1, 0.15) is 0 Å². The molecule has 0 amide bonds. The lowest BCUT2D eigenvalue weighted by Gasteiger charge is -2.13. The molecule has 0 spiro atoms. The molecule has 0 atom stereocenters.